The topological polar surface area (TPSA) is 60.0 Å². The van der Waals surface area contributed by atoms with Gasteiger partial charge in [0.1, 0.15) is 12.4 Å². The van der Waals surface area contributed by atoms with Gasteiger partial charge in [0.15, 0.2) is 11.5 Å². The number of nitrogens with one attached hydrogen (secondary N) is 1. The predicted molar refractivity (Wildman–Crippen MR) is 71.8 cm³/mol. The fraction of sp³-hybridized carbons (Fsp3) is 0.571. The van der Waals surface area contributed by atoms with Crippen molar-refractivity contribution in [3.8, 4) is 17.2 Å². The molecular weight excluding hydrogens is 246 g/mol. The van der Waals surface area contributed by atoms with Crippen LogP contribution in [0.3, 0.4) is 0 Å². The first kappa shape index (κ1) is 14.0. The van der Waals surface area contributed by atoms with Crippen molar-refractivity contribution in [2.45, 2.75) is 25.8 Å². The van der Waals surface area contributed by atoms with Crippen molar-refractivity contribution in [3.05, 3.63) is 18.2 Å². The van der Waals surface area contributed by atoms with Crippen molar-refractivity contribution >= 4 is 0 Å². The number of rotatable bonds is 8. The molecule has 19 heavy (non-hydrogen) atoms. The molecule has 1 heterocycles. The van der Waals surface area contributed by atoms with Gasteiger partial charge in [-0.05, 0) is 31.5 Å². The Morgan fingerprint density at radius 2 is 2.21 bits per heavy atom. The van der Waals surface area contributed by atoms with E-state index in [0.717, 1.165) is 30.2 Å². The van der Waals surface area contributed by atoms with E-state index in [1.165, 1.54) is 0 Å². The van der Waals surface area contributed by atoms with E-state index in [0.29, 0.717) is 13.0 Å². The summed E-state index contributed by atoms with van der Waals surface area (Å²) in [5, 5.41) is 12.4. The van der Waals surface area contributed by atoms with E-state index in [1.807, 2.05) is 18.2 Å². The van der Waals surface area contributed by atoms with Gasteiger partial charge in [0.25, 0.3) is 0 Å². The van der Waals surface area contributed by atoms with E-state index in [9.17, 15) is 0 Å². The van der Waals surface area contributed by atoms with E-state index in [2.05, 4.69) is 12.2 Å². The molecular formula is C14H21NO4. The normalized spacial score (nSPS) is 14.4. The Hall–Kier alpha value is -1.46. The molecule has 0 radical (unpaired) electrons. The summed E-state index contributed by atoms with van der Waals surface area (Å²) in [6.45, 7) is 3.99. The highest BCUT2D eigenvalue weighted by Gasteiger charge is 2.14. The molecule has 0 aliphatic carbocycles. The maximum atomic E-state index is 9.03. The molecule has 1 aromatic carbocycles. The van der Waals surface area contributed by atoms with Crippen LogP contribution in [0.1, 0.15) is 19.8 Å². The smallest absolute Gasteiger partial charge is 0.231 e. The lowest BCUT2D eigenvalue weighted by Gasteiger charge is -2.18. The molecule has 0 aromatic heterocycles. The summed E-state index contributed by atoms with van der Waals surface area (Å²) in [5.74, 6) is 2.23. The lowest BCUT2D eigenvalue weighted by molar-refractivity contribution is 0.173. The zero-order valence-corrected chi connectivity index (χ0v) is 11.2. The monoisotopic (exact) mass is 267 g/mol. The third-order valence-corrected chi connectivity index (χ3v) is 2.96. The van der Waals surface area contributed by atoms with Gasteiger partial charge in [-0.15, -0.1) is 0 Å². The van der Waals surface area contributed by atoms with Gasteiger partial charge in [0.05, 0.1) is 0 Å². The van der Waals surface area contributed by atoms with Gasteiger partial charge in [-0.3, -0.25) is 0 Å². The summed E-state index contributed by atoms with van der Waals surface area (Å²) in [6.07, 6.45) is 1.75. The Morgan fingerprint density at radius 1 is 1.37 bits per heavy atom. The molecule has 1 aromatic rings. The van der Waals surface area contributed by atoms with Gasteiger partial charge in [0, 0.05) is 18.7 Å². The Morgan fingerprint density at radius 3 is 3.00 bits per heavy atom. The molecule has 1 atom stereocenters. The van der Waals surface area contributed by atoms with E-state index < -0.39 is 0 Å². The van der Waals surface area contributed by atoms with Gasteiger partial charge in [-0.2, -0.15) is 0 Å². The minimum atomic E-state index is 0.159. The zero-order chi connectivity index (χ0) is 13.5. The molecule has 2 rings (SSSR count). The van der Waals surface area contributed by atoms with Crippen LogP contribution in [0.25, 0.3) is 0 Å². The maximum Gasteiger partial charge on any atom is 0.231 e. The molecule has 1 aliphatic rings. The van der Waals surface area contributed by atoms with Crippen LogP contribution in [0.5, 0.6) is 17.2 Å². The van der Waals surface area contributed by atoms with Crippen LogP contribution in [0.15, 0.2) is 18.2 Å². The molecule has 0 amide bonds. The van der Waals surface area contributed by atoms with Crippen molar-refractivity contribution in [1.29, 1.82) is 0 Å². The van der Waals surface area contributed by atoms with Gasteiger partial charge in [-0.25, -0.2) is 0 Å². The minimum absolute atomic E-state index is 0.159. The summed E-state index contributed by atoms with van der Waals surface area (Å²) < 4.78 is 16.3. The summed E-state index contributed by atoms with van der Waals surface area (Å²) in [4.78, 5) is 0. The van der Waals surface area contributed by atoms with Crippen LogP contribution in [-0.2, 0) is 0 Å². The first-order chi connectivity index (χ1) is 9.33. The van der Waals surface area contributed by atoms with Gasteiger partial charge in [-0.1, -0.05) is 6.92 Å². The van der Waals surface area contributed by atoms with Crippen LogP contribution in [0.2, 0.25) is 0 Å². The summed E-state index contributed by atoms with van der Waals surface area (Å²) >= 11 is 0. The van der Waals surface area contributed by atoms with Crippen LogP contribution in [0, 0.1) is 0 Å². The molecule has 1 unspecified atom stereocenters. The van der Waals surface area contributed by atoms with Crippen molar-refractivity contribution in [2.24, 2.45) is 0 Å². The second-order valence-corrected chi connectivity index (χ2v) is 4.49. The van der Waals surface area contributed by atoms with E-state index in [1.54, 1.807) is 0 Å². The number of aliphatic hydroxyl groups excluding tert-OH is 1. The molecule has 5 nitrogen and oxygen atoms in total. The van der Waals surface area contributed by atoms with Crippen molar-refractivity contribution in [3.63, 3.8) is 0 Å². The maximum absolute atomic E-state index is 9.03. The third-order valence-electron chi connectivity index (χ3n) is 2.96. The van der Waals surface area contributed by atoms with E-state index >= 15 is 0 Å². The highest BCUT2D eigenvalue weighted by atomic mass is 16.7. The minimum Gasteiger partial charge on any atom is -0.492 e. The number of hydrogen-bond donors (Lipinski definition) is 2. The number of ether oxygens (including phenoxy) is 3. The lowest BCUT2D eigenvalue weighted by atomic mass is 10.2. The van der Waals surface area contributed by atoms with Crippen molar-refractivity contribution in [1.82, 2.24) is 5.32 Å². The standard InChI is InChI=1S/C14H21NO4/c1-2-6-15-11(5-7-16)9-17-12-3-4-13-14(8-12)19-10-18-13/h3-4,8,11,15-16H,2,5-7,9-10H2,1H3. The van der Waals surface area contributed by atoms with Crippen LogP contribution in [-0.4, -0.2) is 37.7 Å². The summed E-state index contributed by atoms with van der Waals surface area (Å²) in [7, 11) is 0. The van der Waals surface area contributed by atoms with E-state index in [4.69, 9.17) is 19.3 Å². The lowest BCUT2D eigenvalue weighted by Crippen LogP contribution is -2.36. The fourth-order valence-electron chi connectivity index (χ4n) is 1.91. The van der Waals surface area contributed by atoms with Crippen LogP contribution >= 0.6 is 0 Å². The molecule has 5 heteroatoms. The predicted octanol–water partition coefficient (Wildman–Crippen LogP) is 1.54. The average Bonchev–Trinajstić information content (AvgIpc) is 2.89. The summed E-state index contributed by atoms with van der Waals surface area (Å²) in [6, 6.07) is 5.70. The summed E-state index contributed by atoms with van der Waals surface area (Å²) in [5.41, 5.74) is 0. The Kier molecular flexibility index (Phi) is 5.30. The number of fused-ring (bicyclic) bond motifs is 1. The van der Waals surface area contributed by atoms with Crippen LogP contribution < -0.4 is 19.5 Å². The fourth-order valence-corrected chi connectivity index (χ4v) is 1.91. The highest BCUT2D eigenvalue weighted by Crippen LogP contribution is 2.35. The van der Waals surface area contributed by atoms with Gasteiger partial charge < -0.3 is 24.6 Å². The molecule has 0 saturated carbocycles. The number of aliphatic hydroxyl groups is 1. The highest BCUT2D eigenvalue weighted by molar-refractivity contribution is 5.46. The Labute approximate surface area is 113 Å². The van der Waals surface area contributed by atoms with Crippen LogP contribution in [0.4, 0.5) is 0 Å². The molecule has 0 saturated heterocycles. The van der Waals surface area contributed by atoms with E-state index in [-0.39, 0.29) is 19.4 Å². The first-order valence-corrected chi connectivity index (χ1v) is 6.70. The molecule has 106 valence electrons. The number of benzene rings is 1. The average molecular weight is 267 g/mol. The van der Waals surface area contributed by atoms with Gasteiger partial charge in [0.2, 0.25) is 6.79 Å². The Balaban J connectivity index is 1.85. The molecule has 0 fully saturated rings. The molecule has 0 bridgehead atoms. The SMILES string of the molecule is CCCNC(CCO)COc1ccc2c(c1)OCO2. The third kappa shape index (κ3) is 4.01. The largest absolute Gasteiger partial charge is 0.492 e. The van der Waals surface area contributed by atoms with Gasteiger partial charge >= 0.3 is 0 Å². The second-order valence-electron chi connectivity index (χ2n) is 4.49. The molecule has 2 N–H and O–H groups in total. The molecule has 0 spiro atoms. The van der Waals surface area contributed by atoms with Crippen molar-refractivity contribution in [2.75, 3.05) is 26.6 Å². The second kappa shape index (κ2) is 7.21. The number of hydrogen-bond acceptors (Lipinski definition) is 5. The quantitative estimate of drug-likeness (QED) is 0.748. The zero-order valence-electron chi connectivity index (χ0n) is 11.2. The van der Waals surface area contributed by atoms with Crippen molar-refractivity contribution < 1.29 is 19.3 Å². The molecule has 1 aliphatic heterocycles. The Bertz CT molecular complexity index is 397. The first-order valence-electron chi connectivity index (χ1n) is 6.70.